The summed E-state index contributed by atoms with van der Waals surface area (Å²) in [6.45, 7) is 0. The van der Waals surface area contributed by atoms with Crippen molar-refractivity contribution in [3.05, 3.63) is 59.5 Å². The number of allylic oxidation sites excluding steroid dienone is 4. The molecule has 0 N–H and O–H groups in total. The van der Waals surface area contributed by atoms with E-state index < -0.39 is 9.05 Å². The van der Waals surface area contributed by atoms with Gasteiger partial charge in [-0.05, 0) is 29.8 Å². The Labute approximate surface area is 98.3 Å². The van der Waals surface area contributed by atoms with Crippen LogP contribution in [0.4, 0.5) is 0 Å². The molecule has 0 unspecified atom stereocenters. The normalized spacial score (nSPS) is 13.9. The number of hydrogen-bond donors (Lipinski definition) is 0. The predicted molar refractivity (Wildman–Crippen MR) is 63.6 cm³/mol. The molecule has 0 aliphatic heterocycles. The highest BCUT2D eigenvalue weighted by molar-refractivity contribution is 8.13. The number of halogens is 1. The van der Waals surface area contributed by atoms with Crippen LogP contribution >= 0.6 is 10.7 Å². The first-order valence-corrected chi connectivity index (χ1v) is 6.82. The molecule has 1 aliphatic rings. The third kappa shape index (κ3) is 2.35. The van der Waals surface area contributed by atoms with Crippen LogP contribution in [-0.4, -0.2) is 8.42 Å². The first-order valence-electron chi connectivity index (χ1n) is 4.51. The lowest BCUT2D eigenvalue weighted by molar-refractivity contribution is 0.609. The highest BCUT2D eigenvalue weighted by Crippen LogP contribution is 2.20. The van der Waals surface area contributed by atoms with Gasteiger partial charge in [-0.25, -0.2) is 8.42 Å². The molecule has 0 atom stereocenters. The quantitative estimate of drug-likeness (QED) is 0.598. The lowest BCUT2D eigenvalue weighted by Crippen LogP contribution is -1.90. The van der Waals surface area contributed by atoms with Crippen molar-refractivity contribution in [3.8, 4) is 0 Å². The topological polar surface area (TPSA) is 34.1 Å². The molecule has 80 valence electrons. The molecule has 0 saturated heterocycles. The molecule has 0 heterocycles. The zero-order valence-corrected chi connectivity index (χ0v) is 9.72. The van der Waals surface area contributed by atoms with Gasteiger partial charge in [-0.2, -0.15) is 0 Å². The minimum Gasteiger partial charge on any atom is -0.207 e. The molecule has 0 amide bonds. The first-order chi connectivity index (χ1) is 7.57. The van der Waals surface area contributed by atoms with Gasteiger partial charge in [0.2, 0.25) is 0 Å². The molecule has 2 nitrogen and oxygen atoms in total. The lowest BCUT2D eigenvalue weighted by Gasteiger charge is -2.01. The molecule has 0 fully saturated rings. The summed E-state index contributed by atoms with van der Waals surface area (Å²) >= 11 is 0. The van der Waals surface area contributed by atoms with Crippen molar-refractivity contribution >= 4 is 25.3 Å². The zero-order chi connectivity index (χ0) is 11.6. The average Bonchev–Trinajstić information content (AvgIpc) is 2.29. The molecular formula is C12H7ClO2S. The summed E-state index contributed by atoms with van der Waals surface area (Å²) in [4.78, 5) is 0.0952. The summed E-state index contributed by atoms with van der Waals surface area (Å²) < 4.78 is 22.1. The Kier molecular flexibility index (Phi) is 2.86. The van der Waals surface area contributed by atoms with Crippen LogP contribution in [0.3, 0.4) is 0 Å². The molecule has 0 bridgehead atoms. The Morgan fingerprint density at radius 1 is 1.12 bits per heavy atom. The summed E-state index contributed by atoms with van der Waals surface area (Å²) in [7, 11) is 1.57. The lowest BCUT2D eigenvalue weighted by atomic mass is 10.1. The minimum absolute atomic E-state index is 0.0952. The molecule has 2 rings (SSSR count). The van der Waals surface area contributed by atoms with Crippen molar-refractivity contribution in [1.82, 2.24) is 0 Å². The molecule has 0 aromatic heterocycles. The molecule has 1 aliphatic carbocycles. The third-order valence-electron chi connectivity index (χ3n) is 2.10. The number of rotatable bonds is 2. The van der Waals surface area contributed by atoms with E-state index in [4.69, 9.17) is 10.7 Å². The largest absolute Gasteiger partial charge is 0.261 e. The molecule has 1 aromatic rings. The van der Waals surface area contributed by atoms with Gasteiger partial charge in [0.1, 0.15) is 0 Å². The van der Waals surface area contributed by atoms with E-state index in [1.54, 1.807) is 18.2 Å². The van der Waals surface area contributed by atoms with Crippen LogP contribution in [0.15, 0.2) is 58.9 Å². The Morgan fingerprint density at radius 3 is 2.31 bits per heavy atom. The second-order valence-electron chi connectivity index (χ2n) is 3.17. The van der Waals surface area contributed by atoms with Gasteiger partial charge in [0.25, 0.3) is 9.05 Å². The highest BCUT2D eigenvalue weighted by Gasteiger charge is 2.09. The van der Waals surface area contributed by atoms with Crippen molar-refractivity contribution in [2.45, 2.75) is 4.90 Å². The molecule has 16 heavy (non-hydrogen) atoms. The van der Waals surface area contributed by atoms with Crippen molar-refractivity contribution < 1.29 is 8.42 Å². The second-order valence-corrected chi connectivity index (χ2v) is 5.74. The summed E-state index contributed by atoms with van der Waals surface area (Å²) in [6, 6.07) is 6.32. The van der Waals surface area contributed by atoms with Gasteiger partial charge in [0.15, 0.2) is 0 Å². The standard InChI is InChI=1S/C12H7ClO2S/c13-16(14,15)12-8-6-11(7-9-12)10-4-2-1-3-5-10/h1-2,4,6-9H. The van der Waals surface area contributed by atoms with Crippen molar-refractivity contribution in [1.29, 1.82) is 0 Å². The van der Waals surface area contributed by atoms with Gasteiger partial charge in [0.05, 0.1) is 4.90 Å². The molecule has 0 radical (unpaired) electrons. The van der Waals surface area contributed by atoms with Crippen LogP contribution < -0.4 is 0 Å². The van der Waals surface area contributed by atoms with Crippen molar-refractivity contribution in [2.75, 3.05) is 0 Å². The number of benzene rings is 1. The summed E-state index contributed by atoms with van der Waals surface area (Å²) in [5, 5.41) is 0. The third-order valence-corrected chi connectivity index (χ3v) is 3.47. The van der Waals surface area contributed by atoms with E-state index >= 15 is 0 Å². The maximum atomic E-state index is 11.0. The van der Waals surface area contributed by atoms with Crippen LogP contribution in [0.1, 0.15) is 5.56 Å². The Balaban J connectivity index is 2.45. The molecule has 4 heteroatoms. The smallest absolute Gasteiger partial charge is 0.207 e. The van der Waals surface area contributed by atoms with Crippen LogP contribution in [0.25, 0.3) is 5.57 Å². The average molecular weight is 251 g/mol. The molecule has 0 spiro atoms. The van der Waals surface area contributed by atoms with Crippen molar-refractivity contribution in [2.24, 2.45) is 0 Å². The van der Waals surface area contributed by atoms with Gasteiger partial charge in [-0.3, -0.25) is 0 Å². The predicted octanol–water partition coefficient (Wildman–Crippen LogP) is 2.88. The highest BCUT2D eigenvalue weighted by atomic mass is 35.7. The van der Waals surface area contributed by atoms with E-state index in [1.807, 2.05) is 12.2 Å². The molecular weight excluding hydrogens is 244 g/mol. The minimum atomic E-state index is -3.65. The Morgan fingerprint density at radius 2 is 1.81 bits per heavy atom. The Hall–Kier alpha value is -1.50. The monoisotopic (exact) mass is 250 g/mol. The fourth-order valence-electron chi connectivity index (χ4n) is 1.32. The van der Waals surface area contributed by atoms with Crippen LogP contribution in [0.5, 0.6) is 0 Å². The fourth-order valence-corrected chi connectivity index (χ4v) is 2.09. The maximum absolute atomic E-state index is 11.0. The summed E-state index contributed by atoms with van der Waals surface area (Å²) in [5.41, 5.74) is 7.51. The fraction of sp³-hybridized carbons (Fsp3) is 0. The second kappa shape index (κ2) is 4.17. The van der Waals surface area contributed by atoms with E-state index in [-0.39, 0.29) is 4.90 Å². The zero-order valence-electron chi connectivity index (χ0n) is 8.14. The van der Waals surface area contributed by atoms with E-state index in [0.29, 0.717) is 0 Å². The SMILES string of the molecule is O=S(=O)(Cl)c1ccc(C2=C=C=CC=C2)cc1. The van der Waals surface area contributed by atoms with E-state index in [1.165, 1.54) is 12.1 Å². The molecule has 0 saturated carbocycles. The van der Waals surface area contributed by atoms with E-state index in [2.05, 4.69) is 11.5 Å². The first kappa shape index (κ1) is 11.0. The Bertz CT molecular complexity index is 639. The maximum Gasteiger partial charge on any atom is 0.261 e. The van der Waals surface area contributed by atoms with Gasteiger partial charge in [0, 0.05) is 16.3 Å². The van der Waals surface area contributed by atoms with Crippen LogP contribution in [-0.2, 0) is 9.05 Å². The van der Waals surface area contributed by atoms with E-state index in [0.717, 1.165) is 11.1 Å². The molecule has 1 aromatic carbocycles. The van der Waals surface area contributed by atoms with Gasteiger partial charge in [-0.15, -0.1) is 0 Å². The van der Waals surface area contributed by atoms with Crippen LogP contribution in [0.2, 0.25) is 0 Å². The van der Waals surface area contributed by atoms with Crippen molar-refractivity contribution in [3.63, 3.8) is 0 Å². The number of hydrogen-bond acceptors (Lipinski definition) is 2. The summed E-state index contributed by atoms with van der Waals surface area (Å²) in [5.74, 6) is 0. The van der Waals surface area contributed by atoms with Gasteiger partial charge >= 0.3 is 0 Å². The van der Waals surface area contributed by atoms with Gasteiger partial charge < -0.3 is 0 Å². The summed E-state index contributed by atoms with van der Waals surface area (Å²) in [6.07, 6.45) is 5.47. The van der Waals surface area contributed by atoms with E-state index in [9.17, 15) is 8.42 Å². The van der Waals surface area contributed by atoms with Gasteiger partial charge in [-0.1, -0.05) is 29.7 Å². The van der Waals surface area contributed by atoms with Crippen LogP contribution in [0, 0.1) is 0 Å².